The summed E-state index contributed by atoms with van der Waals surface area (Å²) >= 11 is 0. The van der Waals surface area contributed by atoms with Crippen LogP contribution in [0.1, 0.15) is 18.9 Å². The van der Waals surface area contributed by atoms with Crippen LogP contribution in [0.5, 0.6) is 0 Å². The van der Waals surface area contributed by atoms with Crippen molar-refractivity contribution in [2.45, 2.75) is 19.8 Å². The second-order valence-corrected chi connectivity index (χ2v) is 4.21. The predicted octanol–water partition coefficient (Wildman–Crippen LogP) is 1.93. The molecule has 0 aromatic heterocycles. The Labute approximate surface area is 101 Å². The minimum Gasteiger partial charge on any atom is -0.316 e. The molecule has 1 aromatic rings. The molecule has 3 heteroatoms. The van der Waals surface area contributed by atoms with Crippen molar-refractivity contribution in [3.05, 3.63) is 47.7 Å². The van der Waals surface area contributed by atoms with Crippen LogP contribution >= 0.6 is 0 Å². The van der Waals surface area contributed by atoms with Gasteiger partial charge in [-0.2, -0.15) is 0 Å². The lowest BCUT2D eigenvalue weighted by Crippen LogP contribution is -2.36. The zero-order valence-electron chi connectivity index (χ0n) is 9.85. The van der Waals surface area contributed by atoms with Gasteiger partial charge in [0.2, 0.25) is 5.91 Å². The standard InChI is InChI=1S/C14H15NO2/c1-11-9-13(16)10-14(17)15(11)8-7-12-5-3-2-4-6-12/h2-6,9H,7-8,10H2,1H3. The Morgan fingerprint density at radius 3 is 2.53 bits per heavy atom. The number of rotatable bonds is 3. The van der Waals surface area contributed by atoms with E-state index in [-0.39, 0.29) is 18.1 Å². The van der Waals surface area contributed by atoms with Crippen molar-refractivity contribution < 1.29 is 9.59 Å². The van der Waals surface area contributed by atoms with E-state index in [9.17, 15) is 9.59 Å². The second kappa shape index (κ2) is 4.95. The van der Waals surface area contributed by atoms with E-state index in [1.165, 1.54) is 5.56 Å². The molecule has 3 nitrogen and oxygen atoms in total. The first-order valence-electron chi connectivity index (χ1n) is 5.72. The van der Waals surface area contributed by atoms with Crippen LogP contribution in [-0.2, 0) is 16.0 Å². The number of carbonyl (C=O) groups is 2. The molecule has 0 unspecified atom stereocenters. The minimum absolute atomic E-state index is 0.00608. The molecule has 1 heterocycles. The predicted molar refractivity (Wildman–Crippen MR) is 65.2 cm³/mol. The molecule has 0 fully saturated rings. The number of allylic oxidation sites excluding steroid dienone is 2. The second-order valence-electron chi connectivity index (χ2n) is 4.21. The third kappa shape index (κ3) is 2.81. The Bertz CT molecular complexity index is 462. The highest BCUT2D eigenvalue weighted by molar-refractivity contribution is 6.07. The third-order valence-corrected chi connectivity index (χ3v) is 2.89. The zero-order chi connectivity index (χ0) is 12.3. The summed E-state index contributed by atoms with van der Waals surface area (Å²) in [5.41, 5.74) is 1.95. The zero-order valence-corrected chi connectivity index (χ0v) is 9.85. The summed E-state index contributed by atoms with van der Waals surface area (Å²) in [6.07, 6.45) is 2.37. The number of hydrogen-bond donors (Lipinski definition) is 0. The van der Waals surface area contributed by atoms with E-state index in [4.69, 9.17) is 0 Å². The normalized spacial score (nSPS) is 16.1. The number of amides is 1. The summed E-state index contributed by atoms with van der Waals surface area (Å²) < 4.78 is 0. The monoisotopic (exact) mass is 229 g/mol. The van der Waals surface area contributed by atoms with Crippen molar-refractivity contribution in [2.75, 3.05) is 6.54 Å². The molecule has 17 heavy (non-hydrogen) atoms. The summed E-state index contributed by atoms with van der Waals surface area (Å²) in [6, 6.07) is 10.0. The SMILES string of the molecule is CC1=CC(=O)CC(=O)N1CCc1ccccc1. The molecule has 2 rings (SSSR count). The largest absolute Gasteiger partial charge is 0.316 e. The van der Waals surface area contributed by atoms with Crippen molar-refractivity contribution in [1.29, 1.82) is 0 Å². The van der Waals surface area contributed by atoms with Gasteiger partial charge >= 0.3 is 0 Å². The molecule has 1 aliphatic rings. The molecular weight excluding hydrogens is 214 g/mol. The Kier molecular flexibility index (Phi) is 3.38. The lowest BCUT2D eigenvalue weighted by Gasteiger charge is -2.26. The van der Waals surface area contributed by atoms with Gasteiger partial charge in [-0.05, 0) is 18.9 Å². The molecule has 1 aliphatic heterocycles. The molecule has 0 spiro atoms. The van der Waals surface area contributed by atoms with Crippen LogP contribution in [0.15, 0.2) is 42.1 Å². The van der Waals surface area contributed by atoms with E-state index >= 15 is 0 Å². The van der Waals surface area contributed by atoms with E-state index in [0.717, 1.165) is 12.1 Å². The van der Waals surface area contributed by atoms with Crippen LogP contribution in [0, 0.1) is 0 Å². The lowest BCUT2D eigenvalue weighted by molar-refractivity contribution is -0.133. The molecule has 88 valence electrons. The Balaban J connectivity index is 2.02. The van der Waals surface area contributed by atoms with Gasteiger partial charge in [0.05, 0.1) is 6.42 Å². The van der Waals surface area contributed by atoms with E-state index in [1.54, 1.807) is 17.9 Å². The van der Waals surface area contributed by atoms with Crippen LogP contribution < -0.4 is 0 Å². The van der Waals surface area contributed by atoms with Gasteiger partial charge in [-0.25, -0.2) is 0 Å². The van der Waals surface area contributed by atoms with Crippen LogP contribution in [0.2, 0.25) is 0 Å². The molecule has 1 amide bonds. The average molecular weight is 229 g/mol. The summed E-state index contributed by atoms with van der Waals surface area (Å²) in [5, 5.41) is 0. The lowest BCUT2D eigenvalue weighted by atomic mass is 10.1. The van der Waals surface area contributed by atoms with Crippen molar-refractivity contribution in [2.24, 2.45) is 0 Å². The highest BCUT2D eigenvalue weighted by Crippen LogP contribution is 2.14. The smallest absolute Gasteiger partial charge is 0.234 e. The molecular formula is C14H15NO2. The summed E-state index contributed by atoms with van der Waals surface area (Å²) in [5.74, 6) is -0.186. The molecule has 0 N–H and O–H groups in total. The van der Waals surface area contributed by atoms with Gasteiger partial charge < -0.3 is 4.90 Å². The molecule has 0 saturated heterocycles. The highest BCUT2D eigenvalue weighted by atomic mass is 16.2. The fraction of sp³-hybridized carbons (Fsp3) is 0.286. The van der Waals surface area contributed by atoms with Gasteiger partial charge in [0, 0.05) is 18.3 Å². The van der Waals surface area contributed by atoms with Gasteiger partial charge in [0.25, 0.3) is 0 Å². The Morgan fingerprint density at radius 1 is 1.18 bits per heavy atom. The first-order chi connectivity index (χ1) is 8.16. The Morgan fingerprint density at radius 2 is 1.88 bits per heavy atom. The average Bonchev–Trinajstić information content (AvgIpc) is 2.29. The highest BCUT2D eigenvalue weighted by Gasteiger charge is 2.22. The fourth-order valence-corrected chi connectivity index (χ4v) is 1.99. The third-order valence-electron chi connectivity index (χ3n) is 2.89. The van der Waals surface area contributed by atoms with E-state index in [0.29, 0.717) is 6.54 Å². The van der Waals surface area contributed by atoms with Gasteiger partial charge in [-0.1, -0.05) is 30.3 Å². The minimum atomic E-state index is -0.0940. The quantitative estimate of drug-likeness (QED) is 0.743. The maximum atomic E-state index is 11.7. The summed E-state index contributed by atoms with van der Waals surface area (Å²) in [6.45, 7) is 2.44. The number of ketones is 1. The summed E-state index contributed by atoms with van der Waals surface area (Å²) in [7, 11) is 0. The first-order valence-corrected chi connectivity index (χ1v) is 5.72. The maximum absolute atomic E-state index is 11.7. The van der Waals surface area contributed by atoms with Crippen LogP contribution in [-0.4, -0.2) is 23.1 Å². The van der Waals surface area contributed by atoms with E-state index < -0.39 is 0 Å². The molecule has 0 aliphatic carbocycles. The topological polar surface area (TPSA) is 37.4 Å². The van der Waals surface area contributed by atoms with E-state index in [2.05, 4.69) is 0 Å². The Hall–Kier alpha value is -1.90. The van der Waals surface area contributed by atoms with Crippen LogP contribution in [0.4, 0.5) is 0 Å². The van der Waals surface area contributed by atoms with Gasteiger partial charge in [0.1, 0.15) is 0 Å². The van der Waals surface area contributed by atoms with Gasteiger partial charge in [-0.3, -0.25) is 9.59 Å². The van der Waals surface area contributed by atoms with Gasteiger partial charge in [0.15, 0.2) is 5.78 Å². The van der Waals surface area contributed by atoms with Crippen molar-refractivity contribution in [3.63, 3.8) is 0 Å². The van der Waals surface area contributed by atoms with Gasteiger partial charge in [-0.15, -0.1) is 0 Å². The molecule has 0 saturated carbocycles. The number of benzene rings is 1. The number of carbonyl (C=O) groups excluding carboxylic acids is 2. The molecule has 0 radical (unpaired) electrons. The van der Waals surface area contributed by atoms with Crippen molar-refractivity contribution >= 4 is 11.7 Å². The van der Waals surface area contributed by atoms with Crippen molar-refractivity contribution in [1.82, 2.24) is 4.90 Å². The van der Waals surface area contributed by atoms with Crippen LogP contribution in [0.3, 0.4) is 0 Å². The summed E-state index contributed by atoms with van der Waals surface area (Å²) in [4.78, 5) is 24.6. The molecule has 0 bridgehead atoms. The maximum Gasteiger partial charge on any atom is 0.234 e. The first kappa shape index (κ1) is 11.6. The fourth-order valence-electron chi connectivity index (χ4n) is 1.99. The van der Waals surface area contributed by atoms with Crippen molar-refractivity contribution in [3.8, 4) is 0 Å². The molecule has 0 atom stereocenters. The number of hydrogen-bond acceptors (Lipinski definition) is 2. The van der Waals surface area contributed by atoms with E-state index in [1.807, 2.05) is 30.3 Å². The molecule has 1 aromatic carbocycles. The van der Waals surface area contributed by atoms with Crippen LogP contribution in [0.25, 0.3) is 0 Å². The number of nitrogens with zero attached hydrogens (tertiary/aromatic N) is 1.